The molecule has 2 aromatic carbocycles. The van der Waals surface area contributed by atoms with Gasteiger partial charge in [-0.1, -0.05) is 44.2 Å². The monoisotopic (exact) mass is 471 g/mol. The molecule has 1 N–H and O–H groups in total. The Morgan fingerprint density at radius 2 is 1.74 bits per heavy atom. The molecule has 8 heteroatoms. The van der Waals surface area contributed by atoms with Crippen LogP contribution < -0.4 is 10.1 Å². The van der Waals surface area contributed by atoms with E-state index in [9.17, 15) is 4.79 Å². The summed E-state index contributed by atoms with van der Waals surface area (Å²) in [5.41, 5.74) is 2.96. The fourth-order valence-corrected chi connectivity index (χ4v) is 3.71. The van der Waals surface area contributed by atoms with Crippen molar-refractivity contribution in [3.8, 4) is 16.9 Å². The fourth-order valence-electron chi connectivity index (χ4n) is 3.71. The molecule has 2 aromatic heterocycles. The SMILES string of the molecule is CCN(CC)CCOc1ccc(Nc2ncc3cc(-c4ccccc4)c(C(=O)OC)nc3n2)cc1. The molecule has 0 atom stereocenters. The van der Waals surface area contributed by atoms with Gasteiger partial charge in [0.2, 0.25) is 5.95 Å². The number of hydrogen-bond donors (Lipinski definition) is 1. The first-order chi connectivity index (χ1) is 17.1. The number of rotatable bonds is 10. The third-order valence-electron chi connectivity index (χ3n) is 5.71. The van der Waals surface area contributed by atoms with Gasteiger partial charge < -0.3 is 19.7 Å². The summed E-state index contributed by atoms with van der Waals surface area (Å²) in [7, 11) is 1.34. The Labute approximate surface area is 205 Å². The Bertz CT molecular complexity index is 1280. The molecule has 2 heterocycles. The minimum atomic E-state index is -0.518. The number of nitrogens with zero attached hydrogens (tertiary/aromatic N) is 4. The molecule has 0 aliphatic rings. The van der Waals surface area contributed by atoms with Crippen LogP contribution in [0.25, 0.3) is 22.2 Å². The number of esters is 1. The third-order valence-corrected chi connectivity index (χ3v) is 5.71. The van der Waals surface area contributed by atoms with Gasteiger partial charge in [-0.2, -0.15) is 4.98 Å². The number of carbonyl (C=O) groups is 1. The van der Waals surface area contributed by atoms with Gasteiger partial charge in [-0.25, -0.2) is 14.8 Å². The van der Waals surface area contributed by atoms with Gasteiger partial charge in [0.05, 0.1) is 7.11 Å². The van der Waals surface area contributed by atoms with Crippen LogP contribution in [-0.4, -0.2) is 59.2 Å². The van der Waals surface area contributed by atoms with Crippen molar-refractivity contribution in [1.29, 1.82) is 0 Å². The minimum absolute atomic E-state index is 0.210. The summed E-state index contributed by atoms with van der Waals surface area (Å²) in [5.74, 6) is 0.666. The van der Waals surface area contributed by atoms with Gasteiger partial charge in [0.1, 0.15) is 12.4 Å². The molecule has 0 radical (unpaired) electrons. The van der Waals surface area contributed by atoms with Gasteiger partial charge in [0.15, 0.2) is 11.3 Å². The maximum atomic E-state index is 12.4. The van der Waals surface area contributed by atoms with Gasteiger partial charge in [0.25, 0.3) is 0 Å². The van der Waals surface area contributed by atoms with Crippen LogP contribution in [0.2, 0.25) is 0 Å². The van der Waals surface area contributed by atoms with E-state index in [1.807, 2.05) is 60.7 Å². The molecule has 0 spiro atoms. The van der Waals surface area contributed by atoms with Crippen molar-refractivity contribution in [2.75, 3.05) is 38.7 Å². The van der Waals surface area contributed by atoms with Crippen molar-refractivity contribution in [2.24, 2.45) is 0 Å². The lowest BCUT2D eigenvalue weighted by Gasteiger charge is -2.18. The van der Waals surface area contributed by atoms with E-state index in [0.717, 1.165) is 42.0 Å². The van der Waals surface area contributed by atoms with E-state index in [0.29, 0.717) is 23.8 Å². The van der Waals surface area contributed by atoms with Crippen LogP contribution >= 0.6 is 0 Å². The number of likely N-dealkylation sites (N-methyl/N-ethyl adjacent to an activating group) is 1. The lowest BCUT2D eigenvalue weighted by molar-refractivity contribution is 0.0595. The molecule has 0 aliphatic heterocycles. The highest BCUT2D eigenvalue weighted by molar-refractivity contribution is 5.98. The van der Waals surface area contributed by atoms with Crippen molar-refractivity contribution in [3.05, 3.63) is 72.6 Å². The van der Waals surface area contributed by atoms with Crippen LogP contribution in [-0.2, 0) is 4.74 Å². The molecule has 8 nitrogen and oxygen atoms in total. The van der Waals surface area contributed by atoms with E-state index in [4.69, 9.17) is 9.47 Å². The molecular formula is C27H29N5O3. The fraction of sp³-hybridized carbons (Fsp3) is 0.259. The van der Waals surface area contributed by atoms with Gasteiger partial charge >= 0.3 is 5.97 Å². The molecule has 0 fully saturated rings. The van der Waals surface area contributed by atoms with E-state index in [1.165, 1.54) is 7.11 Å². The quantitative estimate of drug-likeness (QED) is 0.325. The van der Waals surface area contributed by atoms with E-state index >= 15 is 0 Å². The predicted molar refractivity (Wildman–Crippen MR) is 137 cm³/mol. The largest absolute Gasteiger partial charge is 0.492 e. The number of aromatic nitrogens is 3. The first kappa shape index (κ1) is 24.1. The van der Waals surface area contributed by atoms with E-state index in [2.05, 4.69) is 39.0 Å². The number of ether oxygens (including phenoxy) is 2. The van der Waals surface area contributed by atoms with Crippen LogP contribution in [0.3, 0.4) is 0 Å². The lowest BCUT2D eigenvalue weighted by Crippen LogP contribution is -2.27. The van der Waals surface area contributed by atoms with Crippen molar-refractivity contribution >= 4 is 28.6 Å². The van der Waals surface area contributed by atoms with Crippen molar-refractivity contribution in [1.82, 2.24) is 19.9 Å². The summed E-state index contributed by atoms with van der Waals surface area (Å²) in [6, 6.07) is 19.1. The number of nitrogens with one attached hydrogen (secondary N) is 1. The number of carbonyl (C=O) groups excluding carboxylic acids is 1. The Morgan fingerprint density at radius 3 is 2.43 bits per heavy atom. The molecule has 35 heavy (non-hydrogen) atoms. The minimum Gasteiger partial charge on any atom is -0.492 e. The molecule has 0 aliphatic carbocycles. The zero-order chi connectivity index (χ0) is 24.6. The van der Waals surface area contributed by atoms with Crippen LogP contribution in [0, 0.1) is 0 Å². The second-order valence-electron chi connectivity index (χ2n) is 7.87. The van der Waals surface area contributed by atoms with Crippen LogP contribution in [0.1, 0.15) is 24.3 Å². The smallest absolute Gasteiger partial charge is 0.357 e. The molecule has 0 saturated carbocycles. The topological polar surface area (TPSA) is 89.5 Å². The third kappa shape index (κ3) is 5.91. The second-order valence-corrected chi connectivity index (χ2v) is 7.87. The number of fused-ring (bicyclic) bond motifs is 1. The summed E-state index contributed by atoms with van der Waals surface area (Å²) in [4.78, 5) is 28.2. The zero-order valence-electron chi connectivity index (χ0n) is 20.2. The summed E-state index contributed by atoms with van der Waals surface area (Å²) in [5, 5.41) is 3.90. The number of hydrogen-bond acceptors (Lipinski definition) is 8. The average molecular weight is 472 g/mol. The predicted octanol–water partition coefficient (Wildman–Crippen LogP) is 4.94. The van der Waals surface area contributed by atoms with Crippen molar-refractivity contribution in [2.45, 2.75) is 13.8 Å². The van der Waals surface area contributed by atoms with E-state index in [1.54, 1.807) is 6.20 Å². The average Bonchev–Trinajstić information content (AvgIpc) is 2.91. The summed E-state index contributed by atoms with van der Waals surface area (Å²) < 4.78 is 10.8. The summed E-state index contributed by atoms with van der Waals surface area (Å²) in [6.07, 6.45) is 1.69. The van der Waals surface area contributed by atoms with Gasteiger partial charge in [-0.15, -0.1) is 0 Å². The van der Waals surface area contributed by atoms with Gasteiger partial charge in [-0.3, -0.25) is 0 Å². The van der Waals surface area contributed by atoms with Crippen LogP contribution in [0.5, 0.6) is 5.75 Å². The molecular weight excluding hydrogens is 442 g/mol. The Balaban J connectivity index is 1.52. The Morgan fingerprint density at radius 1 is 1.00 bits per heavy atom. The molecule has 4 rings (SSSR count). The maximum absolute atomic E-state index is 12.4. The number of pyridine rings is 1. The van der Waals surface area contributed by atoms with Crippen LogP contribution in [0.4, 0.5) is 11.6 Å². The molecule has 4 aromatic rings. The molecule has 0 bridgehead atoms. The Hall–Kier alpha value is -4.04. The summed E-state index contributed by atoms with van der Waals surface area (Å²) >= 11 is 0. The number of benzene rings is 2. The van der Waals surface area contributed by atoms with Crippen molar-refractivity contribution in [3.63, 3.8) is 0 Å². The number of methoxy groups -OCH3 is 1. The standard InChI is InChI=1S/C27H29N5O3/c1-4-32(5-2)15-16-35-22-13-11-21(12-14-22)29-27-28-18-20-17-23(19-9-7-6-8-10-19)24(26(33)34-3)30-25(20)31-27/h6-14,17-18H,4-5,15-16H2,1-3H3,(H,28,29,30,31). The molecule has 0 amide bonds. The molecule has 0 saturated heterocycles. The summed E-state index contributed by atoms with van der Waals surface area (Å²) in [6.45, 7) is 7.85. The highest BCUT2D eigenvalue weighted by Crippen LogP contribution is 2.27. The first-order valence-corrected chi connectivity index (χ1v) is 11.6. The highest BCUT2D eigenvalue weighted by Gasteiger charge is 2.18. The van der Waals surface area contributed by atoms with E-state index in [-0.39, 0.29) is 5.69 Å². The normalized spacial score (nSPS) is 11.0. The maximum Gasteiger partial charge on any atom is 0.357 e. The van der Waals surface area contributed by atoms with Gasteiger partial charge in [0, 0.05) is 29.4 Å². The Kier molecular flexibility index (Phi) is 7.84. The second kappa shape index (κ2) is 11.4. The first-order valence-electron chi connectivity index (χ1n) is 11.6. The van der Waals surface area contributed by atoms with Crippen LogP contribution in [0.15, 0.2) is 66.9 Å². The van der Waals surface area contributed by atoms with Gasteiger partial charge in [-0.05, 0) is 49.0 Å². The lowest BCUT2D eigenvalue weighted by atomic mass is 10.0. The van der Waals surface area contributed by atoms with Crippen molar-refractivity contribution < 1.29 is 14.3 Å². The number of anilines is 2. The molecule has 180 valence electrons. The molecule has 0 unspecified atom stereocenters. The van der Waals surface area contributed by atoms with E-state index < -0.39 is 5.97 Å². The zero-order valence-corrected chi connectivity index (χ0v) is 20.2. The highest BCUT2D eigenvalue weighted by atomic mass is 16.5.